The highest BCUT2D eigenvalue weighted by Crippen LogP contribution is 2.35. The van der Waals surface area contributed by atoms with Gasteiger partial charge in [-0.3, -0.25) is 4.79 Å². The highest BCUT2D eigenvalue weighted by Gasteiger charge is 2.31. The smallest absolute Gasteiger partial charge is 0.251 e. The van der Waals surface area contributed by atoms with Crippen molar-refractivity contribution in [3.63, 3.8) is 0 Å². The van der Waals surface area contributed by atoms with Crippen molar-refractivity contribution in [1.29, 1.82) is 0 Å². The van der Waals surface area contributed by atoms with Crippen LogP contribution in [0.1, 0.15) is 48.0 Å². The highest BCUT2D eigenvalue weighted by molar-refractivity contribution is 9.10. The first-order valence-corrected chi connectivity index (χ1v) is 8.01. The molecule has 0 bridgehead atoms. The monoisotopic (exact) mass is 339 g/mol. The van der Waals surface area contributed by atoms with Crippen LogP contribution in [0.5, 0.6) is 0 Å². The Morgan fingerprint density at radius 2 is 2.05 bits per heavy atom. The van der Waals surface area contributed by atoms with E-state index >= 15 is 0 Å². The number of halogens is 1. The first-order chi connectivity index (χ1) is 9.56. The molecule has 0 saturated heterocycles. The van der Waals surface area contributed by atoms with Gasteiger partial charge >= 0.3 is 0 Å². The van der Waals surface area contributed by atoms with Gasteiger partial charge in [-0.25, -0.2) is 0 Å². The summed E-state index contributed by atoms with van der Waals surface area (Å²) in [7, 11) is 0. The van der Waals surface area contributed by atoms with Gasteiger partial charge in [0, 0.05) is 22.0 Å². The molecule has 2 rings (SSSR count). The van der Waals surface area contributed by atoms with Crippen LogP contribution in [0.25, 0.3) is 0 Å². The molecule has 0 unspecified atom stereocenters. The summed E-state index contributed by atoms with van der Waals surface area (Å²) >= 11 is 3.43. The van der Waals surface area contributed by atoms with E-state index in [1.54, 1.807) is 0 Å². The minimum absolute atomic E-state index is 0.0565. The molecule has 1 amide bonds. The van der Waals surface area contributed by atoms with Gasteiger partial charge in [-0.2, -0.15) is 0 Å². The van der Waals surface area contributed by atoms with E-state index < -0.39 is 0 Å². The number of benzene rings is 1. The number of aliphatic hydroxyl groups excluding tert-OH is 1. The van der Waals surface area contributed by atoms with Gasteiger partial charge in [0.2, 0.25) is 0 Å². The zero-order chi connectivity index (χ0) is 14.6. The van der Waals surface area contributed by atoms with Gasteiger partial charge in [0.1, 0.15) is 0 Å². The quantitative estimate of drug-likeness (QED) is 0.882. The standard InChI is InChI=1S/C16H22BrNO2/c1-12-9-13(5-6-14(12)17)15(20)18-10-16(11-19)7-3-2-4-8-16/h5-6,9,19H,2-4,7-8,10-11H2,1H3,(H,18,20). The third-order valence-electron chi connectivity index (χ3n) is 4.29. The second kappa shape index (κ2) is 6.72. The molecule has 1 aromatic carbocycles. The van der Waals surface area contributed by atoms with E-state index in [0.29, 0.717) is 12.1 Å². The van der Waals surface area contributed by atoms with Crippen molar-refractivity contribution in [2.24, 2.45) is 5.41 Å². The lowest BCUT2D eigenvalue weighted by Gasteiger charge is -2.35. The minimum Gasteiger partial charge on any atom is -0.396 e. The van der Waals surface area contributed by atoms with E-state index in [-0.39, 0.29) is 17.9 Å². The van der Waals surface area contributed by atoms with Crippen LogP contribution in [0.3, 0.4) is 0 Å². The van der Waals surface area contributed by atoms with Crippen molar-refractivity contribution < 1.29 is 9.90 Å². The number of carbonyl (C=O) groups is 1. The number of amides is 1. The van der Waals surface area contributed by atoms with Crippen LogP contribution in [0.2, 0.25) is 0 Å². The third kappa shape index (κ3) is 3.61. The Morgan fingerprint density at radius 1 is 1.35 bits per heavy atom. The molecule has 0 aromatic heterocycles. The second-order valence-corrected chi connectivity index (χ2v) is 6.72. The Bertz CT molecular complexity index is 481. The molecule has 1 aliphatic carbocycles. The Kier molecular flexibility index (Phi) is 5.22. The molecule has 4 heteroatoms. The fourth-order valence-corrected chi connectivity index (χ4v) is 3.09. The lowest BCUT2D eigenvalue weighted by Crippen LogP contribution is -2.41. The Hall–Kier alpha value is -0.870. The van der Waals surface area contributed by atoms with Crippen molar-refractivity contribution in [3.8, 4) is 0 Å². The molecular formula is C16H22BrNO2. The summed E-state index contributed by atoms with van der Waals surface area (Å²) in [6.45, 7) is 2.70. The molecule has 1 aromatic rings. The van der Waals surface area contributed by atoms with E-state index in [4.69, 9.17) is 0 Å². The first-order valence-electron chi connectivity index (χ1n) is 7.22. The molecule has 2 N–H and O–H groups in total. The average molecular weight is 340 g/mol. The van der Waals surface area contributed by atoms with Crippen LogP contribution >= 0.6 is 15.9 Å². The predicted molar refractivity (Wildman–Crippen MR) is 83.8 cm³/mol. The van der Waals surface area contributed by atoms with Crippen molar-refractivity contribution in [2.45, 2.75) is 39.0 Å². The number of aryl methyl sites for hydroxylation is 1. The fourth-order valence-electron chi connectivity index (χ4n) is 2.85. The van der Waals surface area contributed by atoms with Crippen LogP contribution in [0, 0.1) is 12.3 Å². The molecule has 0 heterocycles. The molecule has 1 saturated carbocycles. The van der Waals surface area contributed by atoms with Gasteiger partial charge in [0.25, 0.3) is 5.91 Å². The molecule has 0 radical (unpaired) electrons. The van der Waals surface area contributed by atoms with Gasteiger partial charge in [-0.1, -0.05) is 35.2 Å². The summed E-state index contributed by atoms with van der Waals surface area (Å²) in [5.41, 5.74) is 1.61. The van der Waals surface area contributed by atoms with Crippen molar-refractivity contribution in [2.75, 3.05) is 13.2 Å². The van der Waals surface area contributed by atoms with Crippen molar-refractivity contribution in [1.82, 2.24) is 5.32 Å². The van der Waals surface area contributed by atoms with Gasteiger partial charge in [-0.15, -0.1) is 0 Å². The largest absolute Gasteiger partial charge is 0.396 e. The topological polar surface area (TPSA) is 49.3 Å². The molecule has 20 heavy (non-hydrogen) atoms. The Morgan fingerprint density at radius 3 is 2.65 bits per heavy atom. The zero-order valence-electron chi connectivity index (χ0n) is 11.9. The normalized spacial score (nSPS) is 17.8. The molecule has 0 aliphatic heterocycles. The number of hydrogen-bond acceptors (Lipinski definition) is 2. The van der Waals surface area contributed by atoms with Gasteiger partial charge in [-0.05, 0) is 43.5 Å². The second-order valence-electron chi connectivity index (χ2n) is 5.87. The van der Waals surface area contributed by atoms with E-state index in [9.17, 15) is 9.90 Å². The van der Waals surface area contributed by atoms with Crippen LogP contribution in [-0.4, -0.2) is 24.2 Å². The van der Waals surface area contributed by atoms with Crippen LogP contribution in [0.4, 0.5) is 0 Å². The van der Waals surface area contributed by atoms with E-state index in [1.165, 1.54) is 6.42 Å². The summed E-state index contributed by atoms with van der Waals surface area (Å²) in [6, 6.07) is 5.59. The van der Waals surface area contributed by atoms with Gasteiger partial charge < -0.3 is 10.4 Å². The highest BCUT2D eigenvalue weighted by atomic mass is 79.9. The van der Waals surface area contributed by atoms with E-state index in [1.807, 2.05) is 25.1 Å². The maximum atomic E-state index is 12.2. The van der Waals surface area contributed by atoms with Gasteiger partial charge in [0.05, 0.1) is 6.61 Å². The fraction of sp³-hybridized carbons (Fsp3) is 0.562. The van der Waals surface area contributed by atoms with Crippen molar-refractivity contribution in [3.05, 3.63) is 33.8 Å². The average Bonchev–Trinajstić information content (AvgIpc) is 2.48. The van der Waals surface area contributed by atoms with Crippen LogP contribution < -0.4 is 5.32 Å². The maximum Gasteiger partial charge on any atom is 0.251 e. The molecular weight excluding hydrogens is 318 g/mol. The lowest BCUT2D eigenvalue weighted by atomic mass is 9.74. The maximum absolute atomic E-state index is 12.2. The summed E-state index contributed by atoms with van der Waals surface area (Å²) in [5, 5.41) is 12.6. The zero-order valence-corrected chi connectivity index (χ0v) is 13.5. The number of carbonyl (C=O) groups excluding carboxylic acids is 1. The Balaban J connectivity index is 1.98. The SMILES string of the molecule is Cc1cc(C(=O)NCC2(CO)CCCCC2)ccc1Br. The molecule has 1 aliphatic rings. The lowest BCUT2D eigenvalue weighted by molar-refractivity contribution is 0.0718. The molecule has 3 nitrogen and oxygen atoms in total. The van der Waals surface area contributed by atoms with Crippen LogP contribution in [0.15, 0.2) is 22.7 Å². The minimum atomic E-state index is -0.113. The van der Waals surface area contributed by atoms with E-state index in [2.05, 4.69) is 21.2 Å². The number of aliphatic hydroxyl groups is 1. The summed E-state index contributed by atoms with van der Waals surface area (Å²) in [4.78, 5) is 12.2. The van der Waals surface area contributed by atoms with Crippen LogP contribution in [-0.2, 0) is 0 Å². The molecule has 0 spiro atoms. The number of rotatable bonds is 4. The molecule has 1 fully saturated rings. The summed E-state index contributed by atoms with van der Waals surface area (Å²) in [6.07, 6.45) is 5.54. The molecule has 0 atom stereocenters. The third-order valence-corrected chi connectivity index (χ3v) is 5.18. The number of hydrogen-bond donors (Lipinski definition) is 2. The summed E-state index contributed by atoms with van der Waals surface area (Å²) in [5.74, 6) is -0.0565. The number of nitrogens with one attached hydrogen (secondary N) is 1. The summed E-state index contributed by atoms with van der Waals surface area (Å²) < 4.78 is 1.01. The van der Waals surface area contributed by atoms with Crippen molar-refractivity contribution >= 4 is 21.8 Å². The van der Waals surface area contributed by atoms with Gasteiger partial charge in [0.15, 0.2) is 0 Å². The first kappa shape index (κ1) is 15.5. The predicted octanol–water partition coefficient (Wildman–Crippen LogP) is 3.43. The molecule has 110 valence electrons. The Labute approximate surface area is 128 Å². The van der Waals surface area contributed by atoms with E-state index in [0.717, 1.165) is 35.7 Å².